The van der Waals surface area contributed by atoms with E-state index < -0.39 is 28.1 Å². The molecule has 1 rings (SSSR count). The third-order valence-corrected chi connectivity index (χ3v) is 6.54. The monoisotopic (exact) mass is 448 g/mol. The van der Waals surface area contributed by atoms with Crippen molar-refractivity contribution in [2.45, 2.75) is 56.7 Å². The molecular formula is C20H32O6Se. The van der Waals surface area contributed by atoms with Gasteiger partial charge in [-0.25, -0.2) is 0 Å². The molecule has 0 spiro atoms. The zero-order valence-corrected chi connectivity index (χ0v) is 18.8. The van der Waals surface area contributed by atoms with Crippen molar-refractivity contribution in [3.63, 3.8) is 0 Å². The van der Waals surface area contributed by atoms with E-state index in [-0.39, 0.29) is 21.7 Å². The van der Waals surface area contributed by atoms with Crippen molar-refractivity contribution >= 4 is 25.4 Å². The topological polar surface area (TPSA) is 74.2 Å². The summed E-state index contributed by atoms with van der Waals surface area (Å²) in [6.07, 6.45) is -1.64. The Morgan fingerprint density at radius 1 is 1.15 bits per heavy atom. The van der Waals surface area contributed by atoms with E-state index in [9.17, 15) is 9.90 Å². The summed E-state index contributed by atoms with van der Waals surface area (Å²) in [7, 11) is 1.59. The summed E-state index contributed by atoms with van der Waals surface area (Å²) < 4.78 is 21.3. The predicted octanol–water partition coefficient (Wildman–Crippen LogP) is 1.92. The van der Waals surface area contributed by atoms with E-state index in [1.54, 1.807) is 21.0 Å². The molecule has 1 aromatic carbocycles. The van der Waals surface area contributed by atoms with Crippen LogP contribution in [-0.4, -0.2) is 71.0 Å². The fourth-order valence-electron chi connectivity index (χ4n) is 2.23. The molecule has 0 fully saturated rings. The number of esters is 1. The number of hydrogen-bond donors (Lipinski definition) is 1. The third kappa shape index (κ3) is 8.30. The first-order valence-corrected chi connectivity index (χ1v) is 10.7. The van der Waals surface area contributed by atoms with E-state index >= 15 is 0 Å². The van der Waals surface area contributed by atoms with Gasteiger partial charge in [-0.1, -0.05) is 0 Å². The Labute approximate surface area is 168 Å². The minimum absolute atomic E-state index is 0.0182. The normalized spacial score (nSPS) is 16.4. The first-order chi connectivity index (χ1) is 12.6. The second-order valence-electron chi connectivity index (χ2n) is 7.36. The molecule has 6 nitrogen and oxygen atoms in total. The first kappa shape index (κ1) is 24.1. The Hall–Kier alpha value is -0.951. The molecule has 7 heteroatoms. The van der Waals surface area contributed by atoms with Crippen molar-refractivity contribution in [3.8, 4) is 0 Å². The summed E-state index contributed by atoms with van der Waals surface area (Å²) >= 11 is -0.357. The second kappa shape index (κ2) is 11.1. The molecule has 0 radical (unpaired) electrons. The van der Waals surface area contributed by atoms with Crippen LogP contribution in [0, 0.1) is 0 Å². The van der Waals surface area contributed by atoms with Gasteiger partial charge in [0.2, 0.25) is 0 Å². The molecule has 0 saturated carbocycles. The van der Waals surface area contributed by atoms with Crippen molar-refractivity contribution in [1.29, 1.82) is 0 Å². The van der Waals surface area contributed by atoms with Crippen LogP contribution in [-0.2, 0) is 23.7 Å². The Morgan fingerprint density at radius 2 is 1.78 bits per heavy atom. The Morgan fingerprint density at radius 3 is 2.33 bits per heavy atom. The average Bonchev–Trinajstić information content (AvgIpc) is 2.60. The van der Waals surface area contributed by atoms with Crippen LogP contribution in [0.4, 0.5) is 0 Å². The van der Waals surface area contributed by atoms with Gasteiger partial charge in [0.1, 0.15) is 0 Å². The second-order valence-corrected chi connectivity index (χ2v) is 10.6. The molecule has 0 heterocycles. The summed E-state index contributed by atoms with van der Waals surface area (Å²) in [5.41, 5.74) is -0.641. The number of hydrogen-bond acceptors (Lipinski definition) is 6. The molecule has 3 atom stereocenters. The van der Waals surface area contributed by atoms with Crippen LogP contribution in [0.1, 0.15) is 34.6 Å². The summed E-state index contributed by atoms with van der Waals surface area (Å²) in [4.78, 5) is 13.0. The fourth-order valence-corrected chi connectivity index (χ4v) is 4.79. The zero-order valence-electron chi connectivity index (χ0n) is 17.1. The third-order valence-electron chi connectivity index (χ3n) is 3.73. The SMILES string of the molecule is COCCOCO[C@@H](C)[C@@H](O)C(C)([Se]c1ccccc1)C(=O)OC(C)(C)C. The van der Waals surface area contributed by atoms with Crippen LogP contribution in [0.3, 0.4) is 0 Å². The van der Waals surface area contributed by atoms with Crippen molar-refractivity contribution in [2.24, 2.45) is 0 Å². The molecule has 1 N–H and O–H groups in total. The van der Waals surface area contributed by atoms with Crippen LogP contribution < -0.4 is 4.46 Å². The van der Waals surface area contributed by atoms with Gasteiger partial charge in [-0.2, -0.15) is 0 Å². The Kier molecular flexibility index (Phi) is 9.95. The summed E-state index contributed by atoms with van der Waals surface area (Å²) in [6.45, 7) is 9.80. The number of carbonyl (C=O) groups excluding carboxylic acids is 1. The van der Waals surface area contributed by atoms with Crippen LogP contribution in [0.15, 0.2) is 30.3 Å². The molecule has 1 unspecified atom stereocenters. The molecule has 0 bridgehead atoms. The van der Waals surface area contributed by atoms with Gasteiger partial charge in [0.05, 0.1) is 0 Å². The minimum atomic E-state index is -1.10. The summed E-state index contributed by atoms with van der Waals surface area (Å²) in [5.74, 6) is -0.429. The van der Waals surface area contributed by atoms with E-state index in [0.29, 0.717) is 13.2 Å². The van der Waals surface area contributed by atoms with Crippen molar-refractivity contribution in [2.75, 3.05) is 27.1 Å². The van der Waals surface area contributed by atoms with Gasteiger partial charge in [-0.3, -0.25) is 0 Å². The summed E-state index contributed by atoms with van der Waals surface area (Å²) in [5, 5.41) is 11.0. The van der Waals surface area contributed by atoms with Crippen molar-refractivity contribution < 1.29 is 28.8 Å². The van der Waals surface area contributed by atoms with Crippen LogP contribution in [0.2, 0.25) is 4.31 Å². The molecule has 154 valence electrons. The van der Waals surface area contributed by atoms with E-state index in [2.05, 4.69) is 0 Å². The van der Waals surface area contributed by atoms with Crippen LogP contribution in [0.25, 0.3) is 0 Å². The van der Waals surface area contributed by atoms with Gasteiger partial charge in [0, 0.05) is 0 Å². The number of methoxy groups -OCH3 is 1. The molecule has 0 aliphatic heterocycles. The van der Waals surface area contributed by atoms with Crippen molar-refractivity contribution in [1.82, 2.24) is 0 Å². The maximum atomic E-state index is 13.0. The first-order valence-electron chi connectivity index (χ1n) is 8.94. The van der Waals surface area contributed by atoms with Gasteiger partial charge in [0.15, 0.2) is 0 Å². The van der Waals surface area contributed by atoms with Gasteiger partial charge in [-0.15, -0.1) is 0 Å². The van der Waals surface area contributed by atoms with Gasteiger partial charge < -0.3 is 0 Å². The molecule has 0 aliphatic carbocycles. The quantitative estimate of drug-likeness (QED) is 0.242. The van der Waals surface area contributed by atoms with Crippen LogP contribution in [0.5, 0.6) is 0 Å². The maximum absolute atomic E-state index is 13.0. The molecular weight excluding hydrogens is 415 g/mol. The number of ether oxygens (including phenoxy) is 4. The number of aliphatic hydroxyl groups excluding tert-OH is 1. The number of carbonyl (C=O) groups is 1. The molecule has 0 aromatic heterocycles. The predicted molar refractivity (Wildman–Crippen MR) is 105 cm³/mol. The van der Waals surface area contributed by atoms with Gasteiger partial charge in [0.25, 0.3) is 0 Å². The fraction of sp³-hybridized carbons (Fsp3) is 0.650. The molecule has 27 heavy (non-hydrogen) atoms. The molecule has 0 amide bonds. The van der Waals surface area contributed by atoms with Crippen molar-refractivity contribution in [3.05, 3.63) is 30.3 Å². The average molecular weight is 447 g/mol. The molecule has 0 saturated heterocycles. The van der Waals surface area contributed by atoms with E-state index in [1.807, 2.05) is 51.1 Å². The number of aliphatic hydroxyl groups is 1. The standard InChI is InChI=1S/C20H32O6Se/c1-15(25-14-24-13-12-23-6)17(21)20(5,18(22)26-19(2,3)4)27-16-10-8-7-9-11-16/h7-11,15,17,21H,12-14H2,1-6H3/t15-,17+,20?/m0/s1. The zero-order chi connectivity index (χ0) is 20.5. The van der Waals surface area contributed by atoms with Gasteiger partial charge in [-0.05, 0) is 0 Å². The number of benzene rings is 1. The van der Waals surface area contributed by atoms with E-state index in [0.717, 1.165) is 4.46 Å². The van der Waals surface area contributed by atoms with Crippen LogP contribution >= 0.6 is 0 Å². The van der Waals surface area contributed by atoms with E-state index in [1.165, 1.54) is 0 Å². The number of rotatable bonds is 11. The summed E-state index contributed by atoms with van der Waals surface area (Å²) in [6, 6.07) is 9.67. The Bertz CT molecular complexity index is 559. The molecule has 0 aliphatic rings. The van der Waals surface area contributed by atoms with E-state index in [4.69, 9.17) is 18.9 Å². The van der Waals surface area contributed by atoms with Gasteiger partial charge >= 0.3 is 168 Å². The molecule has 1 aromatic rings. The Balaban J connectivity index is 2.89.